The molecule has 2 rings (SSSR count). The Balaban J connectivity index is 2.13. The minimum atomic E-state index is -0.212. The highest BCUT2D eigenvalue weighted by molar-refractivity contribution is 5.73. The van der Waals surface area contributed by atoms with Crippen LogP contribution in [0.4, 0.5) is 11.4 Å². The van der Waals surface area contributed by atoms with E-state index in [-0.39, 0.29) is 6.10 Å². The molecule has 0 aromatic heterocycles. The molecule has 0 spiro atoms. The van der Waals surface area contributed by atoms with Crippen LogP contribution in [0, 0.1) is 0 Å². The molecular weight excluding hydrogens is 212 g/mol. The van der Waals surface area contributed by atoms with E-state index in [1.807, 2.05) is 0 Å². The van der Waals surface area contributed by atoms with Crippen molar-refractivity contribution in [2.24, 2.45) is 0 Å². The maximum Gasteiger partial charge on any atom is 0.0715 e. The molecule has 1 unspecified atom stereocenters. The van der Waals surface area contributed by atoms with Gasteiger partial charge in [0.25, 0.3) is 0 Å². The van der Waals surface area contributed by atoms with Gasteiger partial charge in [0, 0.05) is 26.7 Å². The molecule has 1 aliphatic rings. The Morgan fingerprint density at radius 2 is 1.94 bits per heavy atom. The zero-order chi connectivity index (χ0) is 12.3. The molecule has 0 aliphatic carbocycles. The van der Waals surface area contributed by atoms with E-state index in [1.165, 1.54) is 11.4 Å². The molecule has 0 bridgehead atoms. The van der Waals surface area contributed by atoms with E-state index in [2.05, 4.69) is 48.0 Å². The van der Waals surface area contributed by atoms with Crippen LogP contribution >= 0.6 is 0 Å². The van der Waals surface area contributed by atoms with Gasteiger partial charge >= 0.3 is 0 Å². The van der Waals surface area contributed by atoms with Crippen molar-refractivity contribution < 1.29 is 5.11 Å². The molecule has 1 aromatic carbocycles. The SMILES string of the molecule is CCCC(O)CN1CCN(C)c2ccccc21. The molecular formula is C14H22N2O. The van der Waals surface area contributed by atoms with E-state index < -0.39 is 0 Å². The van der Waals surface area contributed by atoms with Gasteiger partial charge in [-0.3, -0.25) is 0 Å². The van der Waals surface area contributed by atoms with Gasteiger partial charge in [-0.1, -0.05) is 25.5 Å². The third kappa shape index (κ3) is 2.72. The second-order valence-corrected chi connectivity index (χ2v) is 4.80. The number of rotatable bonds is 4. The molecule has 1 N–H and O–H groups in total. The lowest BCUT2D eigenvalue weighted by atomic mass is 10.1. The predicted molar refractivity (Wildman–Crippen MR) is 72.8 cm³/mol. The molecule has 0 saturated heterocycles. The fourth-order valence-electron chi connectivity index (χ4n) is 2.43. The van der Waals surface area contributed by atoms with Crippen LogP contribution in [0.15, 0.2) is 24.3 Å². The lowest BCUT2D eigenvalue weighted by Crippen LogP contribution is -2.42. The minimum absolute atomic E-state index is 0.212. The lowest BCUT2D eigenvalue weighted by Gasteiger charge is -2.37. The fourth-order valence-corrected chi connectivity index (χ4v) is 2.43. The number of anilines is 2. The van der Waals surface area contributed by atoms with Gasteiger partial charge in [0.05, 0.1) is 17.5 Å². The minimum Gasteiger partial charge on any atom is -0.391 e. The van der Waals surface area contributed by atoms with Gasteiger partial charge in [-0.2, -0.15) is 0 Å². The normalized spacial score (nSPS) is 16.9. The Labute approximate surface area is 104 Å². The number of likely N-dealkylation sites (N-methyl/N-ethyl adjacent to an activating group) is 1. The standard InChI is InChI=1S/C14H22N2O/c1-3-6-12(17)11-16-10-9-15(2)13-7-4-5-8-14(13)16/h4-5,7-8,12,17H,3,6,9-11H2,1-2H3. The van der Waals surface area contributed by atoms with E-state index in [1.54, 1.807) is 0 Å². The number of benzene rings is 1. The Hall–Kier alpha value is -1.22. The summed E-state index contributed by atoms with van der Waals surface area (Å²) in [5, 5.41) is 9.94. The molecule has 1 atom stereocenters. The molecule has 0 amide bonds. The van der Waals surface area contributed by atoms with Gasteiger partial charge in [0.1, 0.15) is 0 Å². The molecule has 94 valence electrons. The molecule has 0 saturated carbocycles. The summed E-state index contributed by atoms with van der Waals surface area (Å²) in [7, 11) is 2.12. The summed E-state index contributed by atoms with van der Waals surface area (Å²) in [6.45, 7) is 4.88. The van der Waals surface area contributed by atoms with Gasteiger partial charge in [-0.05, 0) is 18.6 Å². The maximum absolute atomic E-state index is 9.94. The number of aliphatic hydroxyl groups is 1. The number of hydrogen-bond acceptors (Lipinski definition) is 3. The van der Waals surface area contributed by atoms with Crippen molar-refractivity contribution in [3.63, 3.8) is 0 Å². The molecule has 0 radical (unpaired) electrons. The van der Waals surface area contributed by atoms with Crippen molar-refractivity contribution in [2.75, 3.05) is 36.5 Å². The second kappa shape index (κ2) is 5.41. The summed E-state index contributed by atoms with van der Waals surface area (Å²) < 4.78 is 0. The van der Waals surface area contributed by atoms with Gasteiger partial charge in [0.15, 0.2) is 0 Å². The number of hydrogen-bond donors (Lipinski definition) is 1. The second-order valence-electron chi connectivity index (χ2n) is 4.80. The predicted octanol–water partition coefficient (Wildman–Crippen LogP) is 2.10. The van der Waals surface area contributed by atoms with Crippen molar-refractivity contribution >= 4 is 11.4 Å². The first kappa shape index (κ1) is 12.2. The van der Waals surface area contributed by atoms with Crippen molar-refractivity contribution in [3.8, 4) is 0 Å². The number of para-hydroxylation sites is 2. The van der Waals surface area contributed by atoms with E-state index in [0.717, 1.165) is 32.5 Å². The average molecular weight is 234 g/mol. The molecule has 0 fully saturated rings. The van der Waals surface area contributed by atoms with Crippen LogP contribution in [0.2, 0.25) is 0 Å². The first-order chi connectivity index (χ1) is 8.22. The highest BCUT2D eigenvalue weighted by atomic mass is 16.3. The van der Waals surface area contributed by atoms with Gasteiger partial charge in [-0.25, -0.2) is 0 Å². The zero-order valence-electron chi connectivity index (χ0n) is 10.8. The van der Waals surface area contributed by atoms with Crippen LogP contribution in [-0.2, 0) is 0 Å². The van der Waals surface area contributed by atoms with Crippen molar-refractivity contribution in [2.45, 2.75) is 25.9 Å². The van der Waals surface area contributed by atoms with E-state index in [0.29, 0.717) is 0 Å². The summed E-state index contributed by atoms with van der Waals surface area (Å²) in [5.74, 6) is 0. The number of fused-ring (bicyclic) bond motifs is 1. The van der Waals surface area contributed by atoms with Crippen LogP contribution in [0.25, 0.3) is 0 Å². The van der Waals surface area contributed by atoms with E-state index >= 15 is 0 Å². The molecule has 1 aromatic rings. The molecule has 1 aliphatic heterocycles. The molecule has 3 nitrogen and oxygen atoms in total. The smallest absolute Gasteiger partial charge is 0.0715 e. The molecule has 3 heteroatoms. The average Bonchev–Trinajstić information content (AvgIpc) is 2.34. The number of nitrogens with zero attached hydrogens (tertiary/aromatic N) is 2. The van der Waals surface area contributed by atoms with Crippen LogP contribution < -0.4 is 9.80 Å². The Morgan fingerprint density at radius 3 is 2.65 bits per heavy atom. The summed E-state index contributed by atoms with van der Waals surface area (Å²) in [6.07, 6.45) is 1.71. The summed E-state index contributed by atoms with van der Waals surface area (Å²) in [4.78, 5) is 4.58. The number of aliphatic hydroxyl groups excluding tert-OH is 1. The van der Waals surface area contributed by atoms with Crippen molar-refractivity contribution in [1.82, 2.24) is 0 Å². The van der Waals surface area contributed by atoms with Crippen molar-refractivity contribution in [3.05, 3.63) is 24.3 Å². The highest BCUT2D eigenvalue weighted by Gasteiger charge is 2.21. The summed E-state index contributed by atoms with van der Waals surface area (Å²) in [6, 6.07) is 8.43. The summed E-state index contributed by atoms with van der Waals surface area (Å²) in [5.41, 5.74) is 2.51. The quantitative estimate of drug-likeness (QED) is 0.864. The molecule has 17 heavy (non-hydrogen) atoms. The van der Waals surface area contributed by atoms with Crippen LogP contribution in [-0.4, -0.2) is 37.9 Å². The Bertz CT molecular complexity index is 367. The largest absolute Gasteiger partial charge is 0.391 e. The fraction of sp³-hybridized carbons (Fsp3) is 0.571. The lowest BCUT2D eigenvalue weighted by molar-refractivity contribution is 0.168. The van der Waals surface area contributed by atoms with Gasteiger partial charge in [-0.15, -0.1) is 0 Å². The first-order valence-electron chi connectivity index (χ1n) is 6.45. The third-order valence-corrected chi connectivity index (χ3v) is 3.39. The first-order valence-corrected chi connectivity index (χ1v) is 6.45. The molecule has 1 heterocycles. The van der Waals surface area contributed by atoms with Crippen LogP contribution in [0.1, 0.15) is 19.8 Å². The zero-order valence-corrected chi connectivity index (χ0v) is 10.8. The monoisotopic (exact) mass is 234 g/mol. The summed E-state index contributed by atoms with van der Waals surface area (Å²) >= 11 is 0. The topological polar surface area (TPSA) is 26.7 Å². The highest BCUT2D eigenvalue weighted by Crippen LogP contribution is 2.31. The Kier molecular flexibility index (Phi) is 3.89. The van der Waals surface area contributed by atoms with E-state index in [9.17, 15) is 5.11 Å². The van der Waals surface area contributed by atoms with Gasteiger partial charge < -0.3 is 14.9 Å². The van der Waals surface area contributed by atoms with E-state index in [4.69, 9.17) is 0 Å². The number of β-amino-alcohol motifs (C(OH)–C–C–N with tert-alkyl or cyclic N) is 1. The maximum atomic E-state index is 9.94. The third-order valence-electron chi connectivity index (χ3n) is 3.39. The Morgan fingerprint density at radius 1 is 1.24 bits per heavy atom. The van der Waals surface area contributed by atoms with Gasteiger partial charge in [0.2, 0.25) is 0 Å². The van der Waals surface area contributed by atoms with Crippen LogP contribution in [0.5, 0.6) is 0 Å². The van der Waals surface area contributed by atoms with Crippen LogP contribution in [0.3, 0.4) is 0 Å². The van der Waals surface area contributed by atoms with Crippen molar-refractivity contribution in [1.29, 1.82) is 0 Å².